The van der Waals surface area contributed by atoms with E-state index in [1.54, 1.807) is 16.1 Å². The first kappa shape index (κ1) is 16.1. The molecule has 0 spiro atoms. The highest BCUT2D eigenvalue weighted by Gasteiger charge is 2.43. The second-order valence-electron chi connectivity index (χ2n) is 6.66. The molecule has 3 aliphatic rings. The van der Waals surface area contributed by atoms with Crippen molar-refractivity contribution in [3.8, 4) is 0 Å². The third kappa shape index (κ3) is 4.13. The van der Waals surface area contributed by atoms with E-state index >= 15 is 0 Å². The number of nitrogens with zero attached hydrogens (tertiary/aromatic N) is 1. The highest BCUT2D eigenvalue weighted by Crippen LogP contribution is 2.46. The van der Waals surface area contributed by atoms with Gasteiger partial charge in [-0.25, -0.2) is 4.72 Å². The smallest absolute Gasteiger partial charge is 0.279 e. The molecule has 3 fully saturated rings. The standard InChI is InChI=1S/C14H27N3O2S2/c1-20-14(7-8-14)11-16-21(18,19)17-9-3-2-4-13(17)10-15-12-5-6-12/h12-13,15-16H,2-11H2,1H3. The molecule has 1 saturated heterocycles. The molecule has 2 aliphatic carbocycles. The summed E-state index contributed by atoms with van der Waals surface area (Å²) in [5, 5.41) is 3.49. The lowest BCUT2D eigenvalue weighted by atomic mass is 10.1. The van der Waals surface area contributed by atoms with E-state index in [0.717, 1.165) is 38.6 Å². The minimum Gasteiger partial charge on any atom is -0.312 e. The van der Waals surface area contributed by atoms with Crippen LogP contribution in [0, 0.1) is 0 Å². The highest BCUT2D eigenvalue weighted by molar-refractivity contribution is 8.00. The molecule has 0 aromatic carbocycles. The summed E-state index contributed by atoms with van der Waals surface area (Å²) in [5.41, 5.74) is 0. The first-order valence-corrected chi connectivity index (χ1v) is 10.8. The first-order valence-electron chi connectivity index (χ1n) is 8.10. The van der Waals surface area contributed by atoms with E-state index in [-0.39, 0.29) is 10.8 Å². The largest absolute Gasteiger partial charge is 0.312 e. The second-order valence-corrected chi connectivity index (χ2v) is 9.64. The van der Waals surface area contributed by atoms with Crippen LogP contribution >= 0.6 is 11.8 Å². The molecular weight excluding hydrogens is 306 g/mol. The van der Waals surface area contributed by atoms with Crippen molar-refractivity contribution in [2.75, 3.05) is 25.9 Å². The fourth-order valence-electron chi connectivity index (χ4n) is 2.98. The molecule has 0 radical (unpaired) electrons. The zero-order valence-corrected chi connectivity index (χ0v) is 14.4. The van der Waals surface area contributed by atoms with Gasteiger partial charge >= 0.3 is 0 Å². The van der Waals surface area contributed by atoms with Crippen LogP contribution in [0.5, 0.6) is 0 Å². The lowest BCUT2D eigenvalue weighted by molar-refractivity contribution is 0.242. The number of hydrogen-bond acceptors (Lipinski definition) is 4. The number of hydrogen-bond donors (Lipinski definition) is 2. The quantitative estimate of drug-likeness (QED) is 0.703. The number of piperidine rings is 1. The van der Waals surface area contributed by atoms with Gasteiger partial charge < -0.3 is 5.32 Å². The van der Waals surface area contributed by atoms with Crippen LogP contribution in [0.3, 0.4) is 0 Å². The van der Waals surface area contributed by atoms with E-state index in [1.807, 2.05) is 0 Å². The minimum absolute atomic E-state index is 0.126. The van der Waals surface area contributed by atoms with Gasteiger partial charge in [-0.3, -0.25) is 0 Å². The van der Waals surface area contributed by atoms with E-state index in [0.29, 0.717) is 19.1 Å². The summed E-state index contributed by atoms with van der Waals surface area (Å²) in [4.78, 5) is 0. The van der Waals surface area contributed by atoms with Gasteiger partial charge in [-0.15, -0.1) is 0 Å². The van der Waals surface area contributed by atoms with Crippen molar-refractivity contribution >= 4 is 22.0 Å². The van der Waals surface area contributed by atoms with Gasteiger partial charge in [0.15, 0.2) is 0 Å². The Kier molecular flexibility index (Phi) is 4.86. The van der Waals surface area contributed by atoms with Gasteiger partial charge in [-0.1, -0.05) is 6.42 Å². The SMILES string of the molecule is CSC1(CNS(=O)(=O)N2CCCCC2CNC2CC2)CC1. The van der Waals surface area contributed by atoms with Gasteiger partial charge in [0.2, 0.25) is 0 Å². The van der Waals surface area contributed by atoms with Gasteiger partial charge in [0.25, 0.3) is 10.2 Å². The lowest BCUT2D eigenvalue weighted by Crippen LogP contribution is -2.53. The molecule has 2 N–H and O–H groups in total. The van der Waals surface area contributed by atoms with Gasteiger partial charge in [0.05, 0.1) is 0 Å². The van der Waals surface area contributed by atoms with E-state index < -0.39 is 10.2 Å². The maximum atomic E-state index is 12.6. The molecule has 0 aromatic heterocycles. The molecule has 7 heteroatoms. The van der Waals surface area contributed by atoms with Crippen LogP contribution in [0.25, 0.3) is 0 Å². The van der Waals surface area contributed by atoms with E-state index in [9.17, 15) is 8.42 Å². The molecule has 1 heterocycles. The summed E-state index contributed by atoms with van der Waals surface area (Å²) in [7, 11) is -3.33. The fraction of sp³-hybridized carbons (Fsp3) is 1.00. The average Bonchev–Trinajstić information content (AvgIpc) is 3.39. The molecule has 0 amide bonds. The third-order valence-electron chi connectivity index (χ3n) is 4.92. The summed E-state index contributed by atoms with van der Waals surface area (Å²) < 4.78 is 30.0. The Balaban J connectivity index is 1.57. The van der Waals surface area contributed by atoms with Crippen LogP contribution in [0.4, 0.5) is 0 Å². The van der Waals surface area contributed by atoms with Crippen molar-refractivity contribution < 1.29 is 8.42 Å². The van der Waals surface area contributed by atoms with Crippen LogP contribution in [0.1, 0.15) is 44.9 Å². The molecular formula is C14H27N3O2S2. The molecule has 1 unspecified atom stereocenters. The summed E-state index contributed by atoms with van der Waals surface area (Å²) in [6, 6.07) is 0.761. The van der Waals surface area contributed by atoms with Crippen LogP contribution in [-0.4, -0.2) is 55.4 Å². The average molecular weight is 334 g/mol. The van der Waals surface area contributed by atoms with Crippen molar-refractivity contribution in [2.45, 2.75) is 61.8 Å². The Hall–Kier alpha value is 0.180. The van der Waals surface area contributed by atoms with Crippen LogP contribution < -0.4 is 10.0 Å². The second kappa shape index (κ2) is 6.35. The molecule has 1 atom stereocenters. The van der Waals surface area contributed by atoms with Crippen molar-refractivity contribution in [3.63, 3.8) is 0 Å². The van der Waals surface area contributed by atoms with E-state index in [2.05, 4.69) is 16.3 Å². The first-order chi connectivity index (χ1) is 10.0. The number of thioether (sulfide) groups is 1. The van der Waals surface area contributed by atoms with Crippen LogP contribution in [0.15, 0.2) is 0 Å². The Morgan fingerprint density at radius 1 is 1.24 bits per heavy atom. The number of rotatable bonds is 8. The van der Waals surface area contributed by atoms with E-state index in [4.69, 9.17) is 0 Å². The zero-order valence-electron chi connectivity index (χ0n) is 12.8. The minimum atomic E-state index is -3.33. The zero-order chi connectivity index (χ0) is 14.9. The Morgan fingerprint density at radius 2 is 2.00 bits per heavy atom. The fourth-order valence-corrected chi connectivity index (χ4v) is 5.37. The molecule has 122 valence electrons. The van der Waals surface area contributed by atoms with Crippen molar-refractivity contribution in [1.82, 2.24) is 14.3 Å². The van der Waals surface area contributed by atoms with Crippen LogP contribution in [-0.2, 0) is 10.2 Å². The molecule has 21 heavy (non-hydrogen) atoms. The normalized spacial score (nSPS) is 29.5. The third-order valence-corrected chi connectivity index (χ3v) is 7.94. The maximum absolute atomic E-state index is 12.6. The topological polar surface area (TPSA) is 61.4 Å². The van der Waals surface area contributed by atoms with Gasteiger partial charge in [-0.2, -0.15) is 24.5 Å². The van der Waals surface area contributed by atoms with Crippen LogP contribution in [0.2, 0.25) is 0 Å². The predicted molar refractivity (Wildman–Crippen MR) is 87.8 cm³/mol. The predicted octanol–water partition coefficient (Wildman–Crippen LogP) is 1.32. The summed E-state index contributed by atoms with van der Waals surface area (Å²) in [6.07, 6.45) is 9.92. The van der Waals surface area contributed by atoms with Gasteiger partial charge in [-0.05, 0) is 44.8 Å². The Bertz CT molecular complexity index is 461. The summed E-state index contributed by atoms with van der Waals surface area (Å²) in [6.45, 7) is 2.05. The molecule has 5 nitrogen and oxygen atoms in total. The Labute approximate surface area is 132 Å². The monoisotopic (exact) mass is 333 g/mol. The summed E-state index contributed by atoms with van der Waals surface area (Å²) in [5.74, 6) is 0. The van der Waals surface area contributed by atoms with E-state index in [1.165, 1.54) is 12.8 Å². The number of nitrogens with one attached hydrogen (secondary N) is 2. The molecule has 0 aromatic rings. The maximum Gasteiger partial charge on any atom is 0.279 e. The molecule has 0 bridgehead atoms. The molecule has 2 saturated carbocycles. The van der Waals surface area contributed by atoms with Crippen molar-refractivity contribution in [3.05, 3.63) is 0 Å². The van der Waals surface area contributed by atoms with Gasteiger partial charge in [0, 0.05) is 36.5 Å². The van der Waals surface area contributed by atoms with Gasteiger partial charge in [0.1, 0.15) is 0 Å². The van der Waals surface area contributed by atoms with Crippen molar-refractivity contribution in [1.29, 1.82) is 0 Å². The highest BCUT2D eigenvalue weighted by atomic mass is 32.2. The molecule has 3 rings (SSSR count). The molecule has 1 aliphatic heterocycles. The van der Waals surface area contributed by atoms with Crippen molar-refractivity contribution in [2.24, 2.45) is 0 Å². The Morgan fingerprint density at radius 3 is 2.62 bits per heavy atom. The lowest BCUT2D eigenvalue weighted by Gasteiger charge is -2.35. The summed E-state index contributed by atoms with van der Waals surface area (Å²) >= 11 is 1.79.